The molecule has 1 saturated heterocycles. The number of piperidine rings is 1. The number of hydrogen-bond acceptors (Lipinski definition) is 5. The SMILES string of the molecule is O=C(NC1CCN(C(=O)CN2C(=O)c3ccccc3C2=O)CC1)c1cccc(O)c1. The Hall–Kier alpha value is -3.68. The van der Waals surface area contributed by atoms with E-state index in [-0.39, 0.29) is 30.2 Å². The van der Waals surface area contributed by atoms with E-state index in [0.717, 1.165) is 4.90 Å². The number of carbonyl (C=O) groups excluding carboxylic acids is 4. The van der Waals surface area contributed by atoms with Gasteiger partial charge in [-0.05, 0) is 43.2 Å². The van der Waals surface area contributed by atoms with E-state index >= 15 is 0 Å². The van der Waals surface area contributed by atoms with Crippen LogP contribution in [-0.2, 0) is 4.79 Å². The van der Waals surface area contributed by atoms with Gasteiger partial charge in [0.1, 0.15) is 12.3 Å². The van der Waals surface area contributed by atoms with Crippen LogP contribution in [0.2, 0.25) is 0 Å². The first-order chi connectivity index (χ1) is 14.4. The number of fused-ring (bicyclic) bond motifs is 1. The first-order valence-electron chi connectivity index (χ1n) is 9.77. The molecular formula is C22H21N3O5. The molecule has 0 aromatic heterocycles. The van der Waals surface area contributed by atoms with Crippen LogP contribution in [0.3, 0.4) is 0 Å². The number of likely N-dealkylation sites (tertiary alicyclic amines) is 1. The second-order valence-corrected chi connectivity index (χ2v) is 7.42. The van der Waals surface area contributed by atoms with Crippen molar-refractivity contribution in [2.45, 2.75) is 18.9 Å². The van der Waals surface area contributed by atoms with E-state index in [4.69, 9.17) is 0 Å². The zero-order valence-corrected chi connectivity index (χ0v) is 16.2. The maximum Gasteiger partial charge on any atom is 0.262 e. The molecule has 2 aromatic rings. The molecule has 2 aliphatic heterocycles. The van der Waals surface area contributed by atoms with Crippen LogP contribution in [0.15, 0.2) is 48.5 Å². The average molecular weight is 407 g/mol. The first kappa shape index (κ1) is 19.6. The summed E-state index contributed by atoms with van der Waals surface area (Å²) in [6.07, 6.45) is 1.14. The number of imide groups is 1. The van der Waals surface area contributed by atoms with E-state index in [0.29, 0.717) is 42.6 Å². The number of phenols is 1. The highest BCUT2D eigenvalue weighted by Gasteiger charge is 2.37. The molecule has 4 rings (SSSR count). The molecule has 2 aromatic carbocycles. The van der Waals surface area contributed by atoms with E-state index in [1.54, 1.807) is 41.3 Å². The van der Waals surface area contributed by atoms with E-state index in [1.807, 2.05) is 0 Å². The van der Waals surface area contributed by atoms with Gasteiger partial charge in [0.2, 0.25) is 5.91 Å². The number of benzene rings is 2. The minimum atomic E-state index is -0.447. The van der Waals surface area contributed by atoms with E-state index in [1.165, 1.54) is 12.1 Å². The van der Waals surface area contributed by atoms with Gasteiger partial charge in [0.15, 0.2) is 0 Å². The normalized spacial score (nSPS) is 16.5. The Morgan fingerprint density at radius 2 is 1.60 bits per heavy atom. The van der Waals surface area contributed by atoms with Gasteiger partial charge in [-0.25, -0.2) is 0 Å². The molecule has 0 bridgehead atoms. The van der Waals surface area contributed by atoms with Crippen LogP contribution in [0.5, 0.6) is 5.75 Å². The Morgan fingerprint density at radius 1 is 0.967 bits per heavy atom. The lowest BCUT2D eigenvalue weighted by Crippen LogP contribution is -2.49. The van der Waals surface area contributed by atoms with E-state index in [9.17, 15) is 24.3 Å². The lowest BCUT2D eigenvalue weighted by atomic mass is 10.0. The van der Waals surface area contributed by atoms with Crippen LogP contribution in [0.25, 0.3) is 0 Å². The van der Waals surface area contributed by atoms with Crippen molar-refractivity contribution in [3.8, 4) is 5.75 Å². The summed E-state index contributed by atoms with van der Waals surface area (Å²) in [7, 11) is 0. The minimum Gasteiger partial charge on any atom is -0.508 e. The van der Waals surface area contributed by atoms with Gasteiger partial charge in [-0.3, -0.25) is 24.1 Å². The molecular weight excluding hydrogens is 386 g/mol. The minimum absolute atomic E-state index is 0.0243. The zero-order chi connectivity index (χ0) is 21.3. The Balaban J connectivity index is 1.30. The molecule has 0 spiro atoms. The molecule has 0 radical (unpaired) electrons. The highest BCUT2D eigenvalue weighted by molar-refractivity contribution is 6.22. The molecule has 0 aliphatic carbocycles. The Labute approximate surface area is 173 Å². The summed E-state index contributed by atoms with van der Waals surface area (Å²) in [5.41, 5.74) is 1.02. The molecule has 1 fully saturated rings. The van der Waals surface area contributed by atoms with Gasteiger partial charge < -0.3 is 15.3 Å². The number of phenolic OH excluding ortho intramolecular Hbond substituents is 1. The monoisotopic (exact) mass is 407 g/mol. The second kappa shape index (κ2) is 7.98. The van der Waals surface area contributed by atoms with Gasteiger partial charge in [-0.1, -0.05) is 18.2 Å². The van der Waals surface area contributed by atoms with Crippen molar-refractivity contribution in [1.82, 2.24) is 15.1 Å². The van der Waals surface area contributed by atoms with Crippen LogP contribution < -0.4 is 5.32 Å². The fourth-order valence-electron chi connectivity index (χ4n) is 3.81. The summed E-state index contributed by atoms with van der Waals surface area (Å²) in [5, 5.41) is 12.4. The molecule has 2 heterocycles. The maximum absolute atomic E-state index is 12.6. The summed E-state index contributed by atoms with van der Waals surface area (Å²) in [4.78, 5) is 52.4. The Bertz CT molecular complexity index is 992. The summed E-state index contributed by atoms with van der Waals surface area (Å²) >= 11 is 0. The number of amides is 4. The maximum atomic E-state index is 12.6. The summed E-state index contributed by atoms with van der Waals surface area (Å²) in [6, 6.07) is 12.6. The van der Waals surface area contributed by atoms with Gasteiger partial charge in [-0.2, -0.15) is 0 Å². The molecule has 154 valence electrons. The summed E-state index contributed by atoms with van der Waals surface area (Å²) in [6.45, 7) is 0.562. The predicted octanol–water partition coefficient (Wildman–Crippen LogP) is 1.41. The van der Waals surface area contributed by atoms with Crippen LogP contribution in [0.4, 0.5) is 0 Å². The largest absolute Gasteiger partial charge is 0.508 e. The molecule has 8 nitrogen and oxygen atoms in total. The summed E-state index contributed by atoms with van der Waals surface area (Å²) in [5.74, 6) is -1.44. The number of aromatic hydroxyl groups is 1. The van der Waals surface area contributed by atoms with Crippen molar-refractivity contribution in [3.63, 3.8) is 0 Å². The summed E-state index contributed by atoms with van der Waals surface area (Å²) < 4.78 is 0. The Morgan fingerprint density at radius 3 is 2.20 bits per heavy atom. The molecule has 2 aliphatic rings. The zero-order valence-electron chi connectivity index (χ0n) is 16.2. The van der Waals surface area contributed by atoms with Crippen LogP contribution in [-0.4, -0.2) is 64.2 Å². The standard InChI is InChI=1S/C22H21N3O5/c26-16-5-3-4-14(12-16)20(28)23-15-8-10-24(11-9-15)19(27)13-25-21(29)17-6-1-2-7-18(17)22(25)30/h1-7,12,15,26H,8-11,13H2,(H,23,28). The number of nitrogens with one attached hydrogen (secondary N) is 1. The van der Waals surface area contributed by atoms with Crippen LogP contribution in [0, 0.1) is 0 Å². The smallest absolute Gasteiger partial charge is 0.262 e. The fraction of sp³-hybridized carbons (Fsp3) is 0.273. The number of carbonyl (C=O) groups is 4. The van der Waals surface area contributed by atoms with Gasteiger partial charge in [0.05, 0.1) is 11.1 Å². The molecule has 0 saturated carbocycles. The highest BCUT2D eigenvalue weighted by atomic mass is 16.3. The lowest BCUT2D eigenvalue weighted by molar-refractivity contribution is -0.132. The number of nitrogens with zero attached hydrogens (tertiary/aromatic N) is 2. The van der Waals surface area contributed by atoms with Crippen molar-refractivity contribution in [2.75, 3.05) is 19.6 Å². The van der Waals surface area contributed by atoms with Gasteiger partial charge in [0.25, 0.3) is 17.7 Å². The third-order valence-corrected chi connectivity index (χ3v) is 5.46. The predicted molar refractivity (Wildman–Crippen MR) is 107 cm³/mol. The molecule has 0 atom stereocenters. The van der Waals surface area contributed by atoms with Gasteiger partial charge in [-0.15, -0.1) is 0 Å². The topological polar surface area (TPSA) is 107 Å². The van der Waals surface area contributed by atoms with E-state index < -0.39 is 11.8 Å². The van der Waals surface area contributed by atoms with Crippen molar-refractivity contribution in [1.29, 1.82) is 0 Å². The van der Waals surface area contributed by atoms with Gasteiger partial charge in [0, 0.05) is 24.7 Å². The molecule has 0 unspecified atom stereocenters. The van der Waals surface area contributed by atoms with Crippen LogP contribution >= 0.6 is 0 Å². The number of rotatable bonds is 4. The molecule has 2 N–H and O–H groups in total. The third-order valence-electron chi connectivity index (χ3n) is 5.46. The molecule has 8 heteroatoms. The Kier molecular flexibility index (Phi) is 5.22. The number of hydrogen-bond donors (Lipinski definition) is 2. The average Bonchev–Trinajstić information content (AvgIpc) is 2.99. The fourth-order valence-corrected chi connectivity index (χ4v) is 3.81. The van der Waals surface area contributed by atoms with E-state index in [2.05, 4.69) is 5.32 Å². The second-order valence-electron chi connectivity index (χ2n) is 7.42. The molecule has 30 heavy (non-hydrogen) atoms. The highest BCUT2D eigenvalue weighted by Crippen LogP contribution is 2.23. The quantitative estimate of drug-likeness (QED) is 0.746. The van der Waals surface area contributed by atoms with Crippen LogP contribution in [0.1, 0.15) is 43.9 Å². The first-order valence-corrected chi connectivity index (χ1v) is 9.77. The van der Waals surface area contributed by atoms with Crippen molar-refractivity contribution in [2.24, 2.45) is 0 Å². The van der Waals surface area contributed by atoms with Crippen molar-refractivity contribution < 1.29 is 24.3 Å². The molecule has 4 amide bonds. The van der Waals surface area contributed by atoms with Crippen molar-refractivity contribution >= 4 is 23.6 Å². The van der Waals surface area contributed by atoms with Crippen molar-refractivity contribution in [3.05, 3.63) is 65.2 Å². The third kappa shape index (κ3) is 3.76. The lowest BCUT2D eigenvalue weighted by Gasteiger charge is -2.33. The van der Waals surface area contributed by atoms with Gasteiger partial charge >= 0.3 is 0 Å².